The predicted octanol–water partition coefficient (Wildman–Crippen LogP) is 2.87. The molecule has 0 fully saturated rings. The third kappa shape index (κ3) is 6.99. The van der Waals surface area contributed by atoms with Crippen LogP contribution in [-0.4, -0.2) is 23.6 Å². The van der Waals surface area contributed by atoms with E-state index in [0.717, 1.165) is 5.56 Å². The SMILES string of the molecule is CC(NC(=O)OC(C)(C)C)C(=O)NCc1cccc(Cl)c1. The molecule has 21 heavy (non-hydrogen) atoms. The highest BCUT2D eigenvalue weighted by Crippen LogP contribution is 2.10. The molecule has 5 nitrogen and oxygen atoms in total. The Morgan fingerprint density at radius 2 is 2.00 bits per heavy atom. The van der Waals surface area contributed by atoms with Crippen molar-refractivity contribution in [3.05, 3.63) is 34.9 Å². The maximum absolute atomic E-state index is 11.9. The fourth-order valence-electron chi connectivity index (χ4n) is 1.54. The Hall–Kier alpha value is -1.75. The van der Waals surface area contributed by atoms with Gasteiger partial charge in [0.1, 0.15) is 11.6 Å². The molecule has 1 aromatic rings. The summed E-state index contributed by atoms with van der Waals surface area (Å²) in [5.41, 5.74) is 0.293. The van der Waals surface area contributed by atoms with Crippen molar-refractivity contribution in [3.8, 4) is 0 Å². The Kier molecular flexibility index (Phi) is 6.03. The summed E-state index contributed by atoms with van der Waals surface area (Å²) in [6.07, 6.45) is -0.618. The number of hydrogen-bond donors (Lipinski definition) is 2. The van der Waals surface area contributed by atoms with E-state index in [-0.39, 0.29) is 5.91 Å². The molecule has 0 aliphatic rings. The van der Waals surface area contributed by atoms with Gasteiger partial charge in [-0.25, -0.2) is 4.79 Å². The van der Waals surface area contributed by atoms with Crippen molar-refractivity contribution in [2.24, 2.45) is 0 Å². The van der Waals surface area contributed by atoms with Gasteiger partial charge in [-0.3, -0.25) is 4.79 Å². The van der Waals surface area contributed by atoms with E-state index in [4.69, 9.17) is 16.3 Å². The summed E-state index contributed by atoms with van der Waals surface area (Å²) >= 11 is 5.87. The molecule has 1 unspecified atom stereocenters. The molecule has 0 heterocycles. The molecular formula is C15H21ClN2O3. The first-order valence-corrected chi connectivity index (χ1v) is 7.07. The summed E-state index contributed by atoms with van der Waals surface area (Å²) in [7, 11) is 0. The average Bonchev–Trinajstić information content (AvgIpc) is 2.33. The number of amides is 2. The minimum atomic E-state index is -0.681. The lowest BCUT2D eigenvalue weighted by molar-refractivity contribution is -0.122. The van der Waals surface area contributed by atoms with Gasteiger partial charge in [-0.1, -0.05) is 23.7 Å². The number of hydrogen-bond acceptors (Lipinski definition) is 3. The van der Waals surface area contributed by atoms with Gasteiger partial charge in [0.05, 0.1) is 0 Å². The highest BCUT2D eigenvalue weighted by atomic mass is 35.5. The lowest BCUT2D eigenvalue weighted by Gasteiger charge is -2.21. The van der Waals surface area contributed by atoms with Crippen LogP contribution in [0.1, 0.15) is 33.3 Å². The Morgan fingerprint density at radius 1 is 1.33 bits per heavy atom. The molecule has 1 rings (SSSR count). The van der Waals surface area contributed by atoms with Crippen LogP contribution in [0.4, 0.5) is 4.79 Å². The molecule has 0 bridgehead atoms. The first-order chi connectivity index (χ1) is 9.67. The summed E-state index contributed by atoms with van der Waals surface area (Å²) in [5, 5.41) is 5.82. The third-order valence-corrected chi connectivity index (χ3v) is 2.72. The van der Waals surface area contributed by atoms with Crippen molar-refractivity contribution in [2.45, 2.75) is 45.9 Å². The quantitative estimate of drug-likeness (QED) is 0.898. The van der Waals surface area contributed by atoms with E-state index in [1.165, 1.54) is 0 Å². The summed E-state index contributed by atoms with van der Waals surface area (Å²) in [5.74, 6) is -0.291. The fourth-order valence-corrected chi connectivity index (χ4v) is 1.75. The van der Waals surface area contributed by atoms with E-state index in [1.54, 1.807) is 39.8 Å². The molecule has 0 aliphatic heterocycles. The second kappa shape index (κ2) is 7.31. The molecular weight excluding hydrogens is 292 g/mol. The monoisotopic (exact) mass is 312 g/mol. The van der Waals surface area contributed by atoms with Gasteiger partial charge in [-0.05, 0) is 45.4 Å². The van der Waals surface area contributed by atoms with Crippen LogP contribution < -0.4 is 10.6 Å². The zero-order valence-corrected chi connectivity index (χ0v) is 13.5. The highest BCUT2D eigenvalue weighted by molar-refractivity contribution is 6.30. The average molecular weight is 313 g/mol. The van der Waals surface area contributed by atoms with Crippen molar-refractivity contribution in [1.29, 1.82) is 0 Å². The van der Waals surface area contributed by atoms with Gasteiger partial charge in [0.2, 0.25) is 5.91 Å². The van der Waals surface area contributed by atoms with Crippen LogP contribution in [0.2, 0.25) is 5.02 Å². The molecule has 2 amide bonds. The zero-order valence-electron chi connectivity index (χ0n) is 12.7. The Balaban J connectivity index is 2.43. The molecule has 0 saturated carbocycles. The minimum Gasteiger partial charge on any atom is -0.444 e. The van der Waals surface area contributed by atoms with Crippen LogP contribution in [0, 0.1) is 0 Å². The van der Waals surface area contributed by atoms with Gasteiger partial charge >= 0.3 is 6.09 Å². The number of benzene rings is 1. The molecule has 1 atom stereocenters. The van der Waals surface area contributed by atoms with Crippen LogP contribution in [0.15, 0.2) is 24.3 Å². The third-order valence-electron chi connectivity index (χ3n) is 2.48. The lowest BCUT2D eigenvalue weighted by atomic mass is 10.2. The van der Waals surface area contributed by atoms with Crippen LogP contribution >= 0.6 is 11.6 Å². The first kappa shape index (κ1) is 17.3. The second-order valence-electron chi connectivity index (χ2n) is 5.72. The fraction of sp³-hybridized carbons (Fsp3) is 0.467. The molecule has 6 heteroatoms. The number of carbonyl (C=O) groups is 2. The van der Waals surface area contributed by atoms with Gasteiger partial charge in [0.15, 0.2) is 0 Å². The zero-order chi connectivity index (χ0) is 16.0. The Labute approximate surface area is 130 Å². The maximum atomic E-state index is 11.9. The smallest absolute Gasteiger partial charge is 0.408 e. The summed E-state index contributed by atoms with van der Waals surface area (Å²) < 4.78 is 5.09. The minimum absolute atomic E-state index is 0.291. The Bertz CT molecular complexity index is 512. The Morgan fingerprint density at radius 3 is 2.57 bits per heavy atom. The molecule has 0 aliphatic carbocycles. The van der Waals surface area contributed by atoms with Crippen LogP contribution in [-0.2, 0) is 16.1 Å². The summed E-state index contributed by atoms with van der Waals surface area (Å²) in [4.78, 5) is 23.4. The van der Waals surface area contributed by atoms with Crippen LogP contribution in [0.25, 0.3) is 0 Å². The number of alkyl carbamates (subject to hydrolysis) is 1. The number of halogens is 1. The maximum Gasteiger partial charge on any atom is 0.408 e. The molecule has 0 aromatic heterocycles. The molecule has 2 N–H and O–H groups in total. The predicted molar refractivity (Wildman–Crippen MR) is 82.1 cm³/mol. The number of ether oxygens (including phenoxy) is 1. The van der Waals surface area contributed by atoms with Crippen molar-refractivity contribution < 1.29 is 14.3 Å². The molecule has 1 aromatic carbocycles. The van der Waals surface area contributed by atoms with E-state index < -0.39 is 17.7 Å². The topological polar surface area (TPSA) is 67.4 Å². The van der Waals surface area contributed by atoms with Crippen LogP contribution in [0.5, 0.6) is 0 Å². The molecule has 0 spiro atoms. The van der Waals surface area contributed by atoms with E-state index in [2.05, 4.69) is 10.6 Å². The highest BCUT2D eigenvalue weighted by Gasteiger charge is 2.20. The van der Waals surface area contributed by atoms with Crippen molar-refractivity contribution >= 4 is 23.6 Å². The van der Waals surface area contributed by atoms with E-state index >= 15 is 0 Å². The van der Waals surface area contributed by atoms with E-state index in [1.807, 2.05) is 12.1 Å². The molecule has 116 valence electrons. The van der Waals surface area contributed by atoms with Gasteiger partial charge < -0.3 is 15.4 Å². The molecule has 0 radical (unpaired) electrons. The molecule has 0 saturated heterocycles. The van der Waals surface area contributed by atoms with Gasteiger partial charge in [0.25, 0.3) is 0 Å². The van der Waals surface area contributed by atoms with Crippen molar-refractivity contribution in [2.75, 3.05) is 0 Å². The number of rotatable bonds is 4. The largest absolute Gasteiger partial charge is 0.444 e. The van der Waals surface area contributed by atoms with Gasteiger partial charge in [-0.2, -0.15) is 0 Å². The van der Waals surface area contributed by atoms with E-state index in [0.29, 0.717) is 11.6 Å². The standard InChI is InChI=1S/C15H21ClN2O3/c1-10(18-14(20)21-15(2,3)4)13(19)17-9-11-6-5-7-12(16)8-11/h5-8,10H,9H2,1-4H3,(H,17,19)(H,18,20). The number of carbonyl (C=O) groups excluding carboxylic acids is 2. The summed E-state index contributed by atoms with van der Waals surface area (Å²) in [6, 6.07) is 6.52. The summed E-state index contributed by atoms with van der Waals surface area (Å²) in [6.45, 7) is 7.22. The van der Waals surface area contributed by atoms with Gasteiger partial charge in [0, 0.05) is 11.6 Å². The van der Waals surface area contributed by atoms with E-state index in [9.17, 15) is 9.59 Å². The van der Waals surface area contributed by atoms with Gasteiger partial charge in [-0.15, -0.1) is 0 Å². The first-order valence-electron chi connectivity index (χ1n) is 6.69. The normalized spacial score (nSPS) is 12.4. The second-order valence-corrected chi connectivity index (χ2v) is 6.15. The lowest BCUT2D eigenvalue weighted by Crippen LogP contribution is -2.46. The number of nitrogens with one attached hydrogen (secondary N) is 2. The van der Waals surface area contributed by atoms with Crippen LogP contribution in [0.3, 0.4) is 0 Å². The van der Waals surface area contributed by atoms with Crippen molar-refractivity contribution in [1.82, 2.24) is 10.6 Å². The van der Waals surface area contributed by atoms with Crippen molar-refractivity contribution in [3.63, 3.8) is 0 Å².